The zero-order valence-electron chi connectivity index (χ0n) is 11.1. The summed E-state index contributed by atoms with van der Waals surface area (Å²) in [6.45, 7) is 6.85. The molecule has 0 bridgehead atoms. The number of nitrogens with zero attached hydrogens (tertiary/aromatic N) is 1. The van der Waals surface area contributed by atoms with E-state index in [2.05, 4.69) is 13.8 Å². The fraction of sp³-hybridized carbons (Fsp3) is 1.00. The number of hydrogen-bond donors (Lipinski definition) is 1. The summed E-state index contributed by atoms with van der Waals surface area (Å²) in [5.41, 5.74) is 0.328. The fourth-order valence-electron chi connectivity index (χ4n) is 2.52. The Labute approximate surface area is 105 Å². The van der Waals surface area contributed by atoms with Gasteiger partial charge in [0.05, 0.1) is 11.9 Å². The van der Waals surface area contributed by atoms with Crippen molar-refractivity contribution in [2.75, 3.05) is 19.7 Å². The van der Waals surface area contributed by atoms with Gasteiger partial charge in [0.2, 0.25) is 10.0 Å². The van der Waals surface area contributed by atoms with E-state index in [0.29, 0.717) is 18.5 Å². The monoisotopic (exact) mass is 263 g/mol. The molecule has 1 atom stereocenters. The van der Waals surface area contributed by atoms with Gasteiger partial charge in [-0.1, -0.05) is 26.7 Å². The van der Waals surface area contributed by atoms with E-state index in [4.69, 9.17) is 5.11 Å². The second-order valence-corrected chi connectivity index (χ2v) is 7.50. The summed E-state index contributed by atoms with van der Waals surface area (Å²) in [4.78, 5) is 0. The zero-order valence-corrected chi connectivity index (χ0v) is 12.0. The molecule has 0 aromatic carbocycles. The van der Waals surface area contributed by atoms with Gasteiger partial charge in [-0.2, -0.15) is 0 Å². The van der Waals surface area contributed by atoms with Gasteiger partial charge in [0, 0.05) is 13.1 Å². The number of rotatable bonds is 5. The van der Waals surface area contributed by atoms with Crippen molar-refractivity contribution < 1.29 is 13.5 Å². The predicted octanol–water partition coefficient (Wildman–Crippen LogP) is 1.60. The molecule has 0 aliphatic carbocycles. The van der Waals surface area contributed by atoms with Crippen molar-refractivity contribution in [1.82, 2.24) is 4.31 Å². The lowest BCUT2D eigenvalue weighted by Crippen LogP contribution is -2.46. The van der Waals surface area contributed by atoms with Crippen LogP contribution in [0, 0.1) is 5.41 Å². The van der Waals surface area contributed by atoms with Crippen molar-refractivity contribution in [2.45, 2.75) is 51.7 Å². The van der Waals surface area contributed by atoms with Gasteiger partial charge in [-0.3, -0.25) is 0 Å². The Bertz CT molecular complexity index is 326. The van der Waals surface area contributed by atoms with E-state index in [-0.39, 0.29) is 6.61 Å². The van der Waals surface area contributed by atoms with Gasteiger partial charge in [-0.25, -0.2) is 12.7 Å². The predicted molar refractivity (Wildman–Crippen MR) is 69.3 cm³/mol. The summed E-state index contributed by atoms with van der Waals surface area (Å²) >= 11 is 0. The third-order valence-electron chi connectivity index (χ3n) is 4.41. The SMILES string of the molecule is CCC1(CC)CCN(S(=O)(=O)C(C)CO)CC1. The Hall–Kier alpha value is -0.130. The second kappa shape index (κ2) is 5.67. The average Bonchev–Trinajstić information content (AvgIpc) is 2.37. The highest BCUT2D eigenvalue weighted by Gasteiger charge is 2.37. The minimum absolute atomic E-state index is 0.300. The van der Waals surface area contributed by atoms with Gasteiger partial charge < -0.3 is 5.11 Å². The summed E-state index contributed by atoms with van der Waals surface area (Å²) in [5.74, 6) is 0. The van der Waals surface area contributed by atoms with Gasteiger partial charge in [0.25, 0.3) is 0 Å². The molecule has 1 heterocycles. The Balaban J connectivity index is 2.70. The van der Waals surface area contributed by atoms with Crippen LogP contribution >= 0.6 is 0 Å². The molecular formula is C12H25NO3S. The first-order valence-electron chi connectivity index (χ1n) is 6.51. The molecular weight excluding hydrogens is 238 g/mol. The maximum atomic E-state index is 12.1. The molecule has 1 N–H and O–H groups in total. The van der Waals surface area contributed by atoms with Gasteiger partial charge in [-0.05, 0) is 25.2 Å². The number of piperidine rings is 1. The minimum atomic E-state index is -3.30. The lowest BCUT2D eigenvalue weighted by Gasteiger charge is -2.41. The van der Waals surface area contributed by atoms with E-state index in [0.717, 1.165) is 25.7 Å². The molecule has 17 heavy (non-hydrogen) atoms. The van der Waals surface area contributed by atoms with Crippen molar-refractivity contribution in [3.63, 3.8) is 0 Å². The fourth-order valence-corrected chi connectivity index (χ4v) is 3.91. The number of sulfonamides is 1. The zero-order chi connectivity index (χ0) is 13.1. The highest BCUT2D eigenvalue weighted by Crippen LogP contribution is 2.38. The van der Waals surface area contributed by atoms with E-state index < -0.39 is 15.3 Å². The van der Waals surface area contributed by atoms with Crippen molar-refractivity contribution in [1.29, 1.82) is 0 Å². The van der Waals surface area contributed by atoms with Crippen LogP contribution in [-0.4, -0.2) is 42.8 Å². The van der Waals surface area contributed by atoms with Crippen LogP contribution in [-0.2, 0) is 10.0 Å². The van der Waals surface area contributed by atoms with Gasteiger partial charge in [-0.15, -0.1) is 0 Å². The molecule has 1 saturated heterocycles. The van der Waals surface area contributed by atoms with Crippen LogP contribution in [0.15, 0.2) is 0 Å². The van der Waals surface area contributed by atoms with Crippen LogP contribution in [0.25, 0.3) is 0 Å². The van der Waals surface area contributed by atoms with E-state index in [1.54, 1.807) is 11.2 Å². The first-order valence-corrected chi connectivity index (χ1v) is 8.02. The van der Waals surface area contributed by atoms with Crippen LogP contribution in [0.4, 0.5) is 0 Å². The Morgan fingerprint density at radius 2 is 1.71 bits per heavy atom. The van der Waals surface area contributed by atoms with Gasteiger partial charge in [0.15, 0.2) is 0 Å². The van der Waals surface area contributed by atoms with E-state index in [1.807, 2.05) is 0 Å². The summed E-state index contributed by atoms with van der Waals surface area (Å²) < 4.78 is 25.7. The molecule has 1 rings (SSSR count). The lowest BCUT2D eigenvalue weighted by atomic mass is 9.75. The molecule has 1 aliphatic rings. The van der Waals surface area contributed by atoms with E-state index >= 15 is 0 Å². The van der Waals surface area contributed by atoms with Crippen LogP contribution in [0.2, 0.25) is 0 Å². The third-order valence-corrected chi connectivity index (χ3v) is 6.66. The van der Waals surface area contributed by atoms with Crippen LogP contribution in [0.3, 0.4) is 0 Å². The largest absolute Gasteiger partial charge is 0.395 e. The topological polar surface area (TPSA) is 57.6 Å². The first kappa shape index (κ1) is 14.9. The van der Waals surface area contributed by atoms with Gasteiger partial charge in [0.1, 0.15) is 0 Å². The molecule has 0 aromatic rings. The van der Waals surface area contributed by atoms with Crippen LogP contribution < -0.4 is 0 Å². The van der Waals surface area contributed by atoms with Crippen molar-refractivity contribution in [2.24, 2.45) is 5.41 Å². The molecule has 4 nitrogen and oxygen atoms in total. The maximum Gasteiger partial charge on any atom is 0.218 e. The van der Waals surface area contributed by atoms with Crippen LogP contribution in [0.5, 0.6) is 0 Å². The standard InChI is InChI=1S/C12H25NO3S/c1-4-12(5-2)6-8-13(9-7-12)17(15,16)11(3)10-14/h11,14H,4-10H2,1-3H3. The van der Waals surface area contributed by atoms with Crippen molar-refractivity contribution in [3.05, 3.63) is 0 Å². The molecule has 1 fully saturated rings. The summed E-state index contributed by atoms with van der Waals surface area (Å²) in [7, 11) is -3.30. The summed E-state index contributed by atoms with van der Waals surface area (Å²) in [6, 6.07) is 0. The lowest BCUT2D eigenvalue weighted by molar-refractivity contribution is 0.140. The third kappa shape index (κ3) is 3.01. The molecule has 5 heteroatoms. The Kier molecular flexibility index (Phi) is 4.98. The minimum Gasteiger partial charge on any atom is -0.395 e. The molecule has 0 aromatic heterocycles. The molecule has 1 aliphatic heterocycles. The molecule has 0 spiro atoms. The number of hydrogen-bond acceptors (Lipinski definition) is 3. The smallest absolute Gasteiger partial charge is 0.218 e. The molecule has 0 amide bonds. The van der Waals surface area contributed by atoms with Crippen molar-refractivity contribution >= 4 is 10.0 Å². The van der Waals surface area contributed by atoms with Crippen molar-refractivity contribution in [3.8, 4) is 0 Å². The molecule has 102 valence electrons. The Morgan fingerprint density at radius 1 is 1.24 bits per heavy atom. The normalized spacial score (nSPS) is 23.5. The van der Waals surface area contributed by atoms with E-state index in [9.17, 15) is 8.42 Å². The highest BCUT2D eigenvalue weighted by molar-refractivity contribution is 7.89. The highest BCUT2D eigenvalue weighted by atomic mass is 32.2. The van der Waals surface area contributed by atoms with Crippen LogP contribution in [0.1, 0.15) is 46.5 Å². The quantitative estimate of drug-likeness (QED) is 0.819. The molecule has 0 saturated carbocycles. The first-order chi connectivity index (χ1) is 7.91. The average molecular weight is 263 g/mol. The van der Waals surface area contributed by atoms with E-state index in [1.165, 1.54) is 0 Å². The van der Waals surface area contributed by atoms with Gasteiger partial charge >= 0.3 is 0 Å². The Morgan fingerprint density at radius 3 is 2.06 bits per heavy atom. The second-order valence-electron chi connectivity index (χ2n) is 5.14. The maximum absolute atomic E-state index is 12.1. The summed E-state index contributed by atoms with van der Waals surface area (Å²) in [6.07, 6.45) is 4.12. The number of aliphatic hydroxyl groups is 1. The molecule has 1 unspecified atom stereocenters. The number of aliphatic hydroxyl groups excluding tert-OH is 1. The summed E-state index contributed by atoms with van der Waals surface area (Å²) in [5, 5.41) is 8.31. The molecule has 0 radical (unpaired) electrons.